The summed E-state index contributed by atoms with van der Waals surface area (Å²) >= 11 is 3.41. The lowest BCUT2D eigenvalue weighted by molar-refractivity contribution is 0.589. The van der Waals surface area contributed by atoms with Crippen molar-refractivity contribution >= 4 is 42.7 Å². The van der Waals surface area contributed by atoms with Crippen LogP contribution < -0.4 is 0 Å². The van der Waals surface area contributed by atoms with E-state index < -0.39 is 10.0 Å². The number of rotatable bonds is 3. The Morgan fingerprint density at radius 1 is 1.25 bits per heavy atom. The molecule has 3 rings (SSSR count). The minimum atomic E-state index is -3.71. The second-order valence-corrected chi connectivity index (χ2v) is 8.09. The van der Waals surface area contributed by atoms with Gasteiger partial charge in [-0.2, -0.15) is 0 Å². The van der Waals surface area contributed by atoms with Gasteiger partial charge in [-0.15, -0.1) is 0 Å². The van der Waals surface area contributed by atoms with Crippen LogP contribution in [0.2, 0.25) is 0 Å². The van der Waals surface area contributed by atoms with Gasteiger partial charge in [0.25, 0.3) is 10.0 Å². The van der Waals surface area contributed by atoms with Gasteiger partial charge in [0.2, 0.25) is 0 Å². The molecule has 2 aromatic heterocycles. The molecular weight excluding hydrogens is 392 g/mol. The summed E-state index contributed by atoms with van der Waals surface area (Å²) in [6, 6.07) is 9.95. The summed E-state index contributed by atoms with van der Waals surface area (Å²) in [6.07, 6.45) is 2.99. The number of halogens is 1. The zero-order valence-electron chi connectivity index (χ0n) is 13.1. The topological polar surface area (TPSA) is 79.0 Å². The van der Waals surface area contributed by atoms with Crippen molar-refractivity contribution in [2.24, 2.45) is 0 Å². The average Bonchev–Trinajstić information content (AvgIpc) is 2.92. The average molecular weight is 407 g/mol. The second kappa shape index (κ2) is 6.03. The molecule has 0 saturated heterocycles. The van der Waals surface area contributed by atoms with Crippen molar-refractivity contribution in [3.8, 4) is 0 Å². The van der Waals surface area contributed by atoms with E-state index in [1.54, 1.807) is 55.4 Å². The highest BCUT2D eigenvalue weighted by Crippen LogP contribution is 2.29. The molecule has 0 aliphatic rings. The van der Waals surface area contributed by atoms with Crippen LogP contribution >= 0.6 is 15.9 Å². The van der Waals surface area contributed by atoms with E-state index in [0.717, 1.165) is 0 Å². The number of hydrogen-bond donors (Lipinski definition) is 1. The molecule has 0 unspecified atom stereocenters. The Kier molecular flexibility index (Phi) is 4.18. The lowest BCUT2D eigenvalue weighted by Crippen LogP contribution is -2.22. The molecule has 0 bridgehead atoms. The first-order chi connectivity index (χ1) is 11.3. The van der Waals surface area contributed by atoms with Crippen molar-refractivity contribution in [1.82, 2.24) is 13.9 Å². The molecule has 0 radical (unpaired) electrons. The lowest BCUT2D eigenvalue weighted by Gasteiger charge is -2.13. The Morgan fingerprint density at radius 2 is 1.92 bits per heavy atom. The number of nitrogens with one attached hydrogen (secondary N) is 1. The highest BCUT2D eigenvalue weighted by atomic mass is 79.9. The molecule has 6 nitrogen and oxygen atoms in total. The van der Waals surface area contributed by atoms with E-state index in [1.807, 2.05) is 0 Å². The van der Waals surface area contributed by atoms with Gasteiger partial charge in [-0.25, -0.2) is 12.4 Å². The third-order valence-electron chi connectivity index (χ3n) is 3.60. The third-order valence-corrected chi connectivity index (χ3v) is 5.92. The van der Waals surface area contributed by atoms with Gasteiger partial charge in [0.05, 0.1) is 16.6 Å². The van der Waals surface area contributed by atoms with Crippen molar-refractivity contribution in [1.29, 1.82) is 5.41 Å². The van der Waals surface area contributed by atoms with Gasteiger partial charge >= 0.3 is 0 Å². The van der Waals surface area contributed by atoms with Crippen molar-refractivity contribution in [3.63, 3.8) is 0 Å². The maximum Gasteiger partial charge on any atom is 0.268 e. The Morgan fingerprint density at radius 3 is 2.54 bits per heavy atom. The molecule has 8 heteroatoms. The quantitative estimate of drug-likeness (QED) is 0.535. The molecule has 2 heterocycles. The highest BCUT2D eigenvalue weighted by molar-refractivity contribution is 9.10. The molecule has 3 aromatic rings. The van der Waals surface area contributed by atoms with Crippen LogP contribution in [0.5, 0.6) is 0 Å². The number of benzene rings is 1. The second-order valence-electron chi connectivity index (χ2n) is 5.42. The SMILES string of the molecule is CN(C)C(=N)c1cc2c(Br)cn(S(=O)(=O)c3ccccc3)c2cn1. The van der Waals surface area contributed by atoms with Crippen LogP contribution in [0.1, 0.15) is 5.69 Å². The van der Waals surface area contributed by atoms with Gasteiger partial charge in [-0.3, -0.25) is 10.4 Å². The third kappa shape index (κ3) is 2.71. The van der Waals surface area contributed by atoms with Gasteiger partial charge < -0.3 is 4.90 Å². The maximum absolute atomic E-state index is 12.9. The maximum atomic E-state index is 12.9. The van der Waals surface area contributed by atoms with E-state index >= 15 is 0 Å². The monoisotopic (exact) mass is 406 g/mol. The first-order valence-corrected chi connectivity index (χ1v) is 9.29. The highest BCUT2D eigenvalue weighted by Gasteiger charge is 2.21. The van der Waals surface area contributed by atoms with Crippen molar-refractivity contribution < 1.29 is 8.42 Å². The van der Waals surface area contributed by atoms with Crippen LogP contribution in [0.3, 0.4) is 0 Å². The molecule has 0 aliphatic carbocycles. The number of fused-ring (bicyclic) bond motifs is 1. The Balaban J connectivity index is 2.20. The summed E-state index contributed by atoms with van der Waals surface area (Å²) in [4.78, 5) is 6.08. The molecule has 24 heavy (non-hydrogen) atoms. The fraction of sp³-hybridized carbons (Fsp3) is 0.125. The van der Waals surface area contributed by atoms with E-state index in [-0.39, 0.29) is 10.7 Å². The number of hydrogen-bond acceptors (Lipinski definition) is 4. The summed E-state index contributed by atoms with van der Waals surface area (Å²) < 4.78 is 27.5. The molecule has 1 aromatic carbocycles. The van der Waals surface area contributed by atoms with Gasteiger partial charge in [0.1, 0.15) is 11.5 Å². The van der Waals surface area contributed by atoms with Crippen LogP contribution in [-0.2, 0) is 10.0 Å². The van der Waals surface area contributed by atoms with Crippen molar-refractivity contribution in [3.05, 3.63) is 59.0 Å². The minimum absolute atomic E-state index is 0.208. The Hall–Kier alpha value is -2.19. The summed E-state index contributed by atoms with van der Waals surface area (Å²) in [6.45, 7) is 0. The van der Waals surface area contributed by atoms with E-state index in [4.69, 9.17) is 5.41 Å². The first-order valence-electron chi connectivity index (χ1n) is 7.06. The molecular formula is C16H15BrN4O2S. The molecule has 0 saturated carbocycles. The number of amidine groups is 1. The summed E-state index contributed by atoms with van der Waals surface area (Å²) in [5.41, 5.74) is 0.934. The zero-order valence-corrected chi connectivity index (χ0v) is 15.5. The predicted molar refractivity (Wildman–Crippen MR) is 97.0 cm³/mol. The van der Waals surface area contributed by atoms with Crippen LogP contribution in [0.25, 0.3) is 10.9 Å². The van der Waals surface area contributed by atoms with Gasteiger partial charge in [0.15, 0.2) is 0 Å². The van der Waals surface area contributed by atoms with E-state index in [0.29, 0.717) is 21.1 Å². The first kappa shape index (κ1) is 16.7. The largest absolute Gasteiger partial charge is 0.361 e. The number of pyridine rings is 1. The van der Waals surface area contributed by atoms with Gasteiger partial charge in [-0.1, -0.05) is 18.2 Å². The number of aromatic nitrogens is 2. The Bertz CT molecular complexity index is 1030. The van der Waals surface area contributed by atoms with Crippen molar-refractivity contribution in [2.75, 3.05) is 14.1 Å². The molecule has 0 aliphatic heterocycles. The summed E-state index contributed by atoms with van der Waals surface area (Å²) in [5.74, 6) is 0.252. The molecule has 0 fully saturated rings. The molecule has 1 N–H and O–H groups in total. The van der Waals surface area contributed by atoms with Crippen LogP contribution in [-0.4, -0.2) is 42.2 Å². The van der Waals surface area contributed by atoms with Gasteiger partial charge in [0, 0.05) is 30.2 Å². The summed E-state index contributed by atoms with van der Waals surface area (Å²) in [5, 5.41) is 8.70. The van der Waals surface area contributed by atoms with E-state index in [2.05, 4.69) is 20.9 Å². The smallest absolute Gasteiger partial charge is 0.268 e. The normalized spacial score (nSPS) is 11.6. The molecule has 124 valence electrons. The Labute approximate surface area is 148 Å². The van der Waals surface area contributed by atoms with E-state index in [1.165, 1.54) is 16.4 Å². The molecule has 0 amide bonds. The number of nitrogens with zero attached hydrogens (tertiary/aromatic N) is 3. The lowest BCUT2D eigenvalue weighted by atomic mass is 10.2. The van der Waals surface area contributed by atoms with Gasteiger partial charge in [-0.05, 0) is 34.1 Å². The minimum Gasteiger partial charge on any atom is -0.361 e. The summed E-state index contributed by atoms with van der Waals surface area (Å²) in [7, 11) is -0.195. The van der Waals surface area contributed by atoms with E-state index in [9.17, 15) is 8.42 Å². The van der Waals surface area contributed by atoms with Crippen LogP contribution in [0, 0.1) is 5.41 Å². The van der Waals surface area contributed by atoms with Crippen molar-refractivity contribution in [2.45, 2.75) is 4.90 Å². The standard InChI is InChI=1S/C16H15BrN4O2S/c1-20(2)16(18)14-8-12-13(17)10-21(15(12)9-19-14)24(22,23)11-6-4-3-5-7-11/h3-10,18H,1-2H3. The fourth-order valence-electron chi connectivity index (χ4n) is 2.32. The van der Waals surface area contributed by atoms with Crippen LogP contribution in [0.4, 0.5) is 0 Å². The fourth-order valence-corrected chi connectivity index (χ4v) is 4.36. The molecule has 0 atom stereocenters. The zero-order chi connectivity index (χ0) is 17.5. The predicted octanol–water partition coefficient (Wildman–Crippen LogP) is 2.92. The van der Waals surface area contributed by atoms with Crippen LogP contribution in [0.15, 0.2) is 58.2 Å². The molecule has 0 spiro atoms.